The van der Waals surface area contributed by atoms with Crippen molar-refractivity contribution in [3.8, 4) is 11.1 Å². The highest BCUT2D eigenvalue weighted by Gasteiger charge is 2.15. The van der Waals surface area contributed by atoms with Gasteiger partial charge in [-0.3, -0.25) is 10.4 Å². The third-order valence-corrected chi connectivity index (χ3v) is 5.28. The number of nitrogens with one attached hydrogen (secondary N) is 4. The second-order valence-electron chi connectivity index (χ2n) is 6.84. The van der Waals surface area contributed by atoms with Gasteiger partial charge in [0.2, 0.25) is 0 Å². The molecule has 6 nitrogen and oxygen atoms in total. The lowest BCUT2D eigenvalue weighted by molar-refractivity contribution is 0.251. The third-order valence-electron chi connectivity index (χ3n) is 4.97. The SMILES string of the molecule is O=C(NCCC1CCNC1)Nc1n[nH]c2cc(Cl)c(-c3ccccc3)cc12. The quantitative estimate of drug-likeness (QED) is 0.537. The molecule has 1 aliphatic heterocycles. The molecule has 3 aromatic rings. The van der Waals surface area contributed by atoms with Gasteiger partial charge in [-0.15, -0.1) is 0 Å². The largest absolute Gasteiger partial charge is 0.338 e. The van der Waals surface area contributed by atoms with Crippen molar-refractivity contribution in [2.24, 2.45) is 5.92 Å². The summed E-state index contributed by atoms with van der Waals surface area (Å²) >= 11 is 6.43. The van der Waals surface area contributed by atoms with Crippen LogP contribution in [-0.2, 0) is 0 Å². The molecular formula is C20H22ClN5O. The number of carbonyl (C=O) groups excluding carboxylic acids is 1. The molecule has 0 spiro atoms. The highest BCUT2D eigenvalue weighted by molar-refractivity contribution is 6.34. The molecule has 4 N–H and O–H groups in total. The minimum Gasteiger partial charge on any atom is -0.338 e. The van der Waals surface area contributed by atoms with Crippen LogP contribution in [0.2, 0.25) is 5.02 Å². The molecule has 0 radical (unpaired) electrons. The molecule has 1 unspecified atom stereocenters. The zero-order valence-electron chi connectivity index (χ0n) is 14.9. The first kappa shape index (κ1) is 17.8. The number of rotatable bonds is 5. The second-order valence-corrected chi connectivity index (χ2v) is 7.25. The monoisotopic (exact) mass is 383 g/mol. The molecule has 4 rings (SSSR count). The molecule has 0 aliphatic carbocycles. The van der Waals surface area contributed by atoms with E-state index in [2.05, 4.69) is 26.1 Å². The van der Waals surface area contributed by atoms with E-state index in [9.17, 15) is 4.79 Å². The fourth-order valence-electron chi connectivity index (χ4n) is 3.47. The van der Waals surface area contributed by atoms with E-state index in [0.29, 0.717) is 23.3 Å². The number of aromatic nitrogens is 2. The van der Waals surface area contributed by atoms with Crippen LogP contribution < -0.4 is 16.0 Å². The first-order valence-electron chi connectivity index (χ1n) is 9.19. The normalized spacial score (nSPS) is 16.6. The molecule has 1 atom stereocenters. The number of nitrogens with zero attached hydrogens (tertiary/aromatic N) is 1. The molecule has 27 heavy (non-hydrogen) atoms. The predicted molar refractivity (Wildman–Crippen MR) is 109 cm³/mol. The van der Waals surface area contributed by atoms with Gasteiger partial charge in [0.25, 0.3) is 0 Å². The van der Waals surface area contributed by atoms with Crippen LogP contribution in [0.5, 0.6) is 0 Å². The van der Waals surface area contributed by atoms with E-state index in [1.54, 1.807) is 0 Å². The third kappa shape index (κ3) is 4.07. The molecule has 140 valence electrons. The standard InChI is InChI=1S/C20H22ClN5O/c21-17-11-18-16(10-15(17)14-4-2-1-3-5-14)19(26-25-18)24-20(27)23-9-7-13-6-8-22-12-13/h1-5,10-11,13,22H,6-9,12H2,(H3,23,24,25,26,27). The average molecular weight is 384 g/mol. The van der Waals surface area contributed by atoms with Gasteiger partial charge in [-0.2, -0.15) is 5.10 Å². The Morgan fingerprint density at radius 2 is 2.11 bits per heavy atom. The van der Waals surface area contributed by atoms with Crippen LogP contribution in [0.25, 0.3) is 22.0 Å². The molecule has 2 heterocycles. The number of amides is 2. The highest BCUT2D eigenvalue weighted by Crippen LogP contribution is 2.33. The molecule has 1 aromatic heterocycles. The zero-order valence-corrected chi connectivity index (χ0v) is 15.6. The van der Waals surface area contributed by atoms with Crippen LogP contribution >= 0.6 is 11.6 Å². The van der Waals surface area contributed by atoms with Gasteiger partial charge < -0.3 is 10.6 Å². The number of hydrogen-bond acceptors (Lipinski definition) is 3. The number of fused-ring (bicyclic) bond motifs is 1. The summed E-state index contributed by atoms with van der Waals surface area (Å²) in [6.45, 7) is 2.76. The Balaban J connectivity index is 1.47. The first-order valence-corrected chi connectivity index (χ1v) is 9.57. The van der Waals surface area contributed by atoms with E-state index in [4.69, 9.17) is 11.6 Å². The highest BCUT2D eigenvalue weighted by atomic mass is 35.5. The number of anilines is 1. The maximum Gasteiger partial charge on any atom is 0.320 e. The Morgan fingerprint density at radius 3 is 2.89 bits per heavy atom. The van der Waals surface area contributed by atoms with Crippen LogP contribution in [0.1, 0.15) is 12.8 Å². The van der Waals surface area contributed by atoms with Gasteiger partial charge in [-0.05, 0) is 49.5 Å². The molecule has 0 bridgehead atoms. The molecular weight excluding hydrogens is 362 g/mol. The van der Waals surface area contributed by atoms with Gasteiger partial charge >= 0.3 is 6.03 Å². The number of hydrogen-bond donors (Lipinski definition) is 4. The van der Waals surface area contributed by atoms with Crippen LogP contribution in [0.15, 0.2) is 42.5 Å². The van der Waals surface area contributed by atoms with Crippen LogP contribution in [0.3, 0.4) is 0 Å². The summed E-state index contributed by atoms with van der Waals surface area (Å²) in [5, 5.41) is 17.7. The Morgan fingerprint density at radius 1 is 1.26 bits per heavy atom. The molecule has 1 saturated heterocycles. The van der Waals surface area contributed by atoms with E-state index in [0.717, 1.165) is 41.5 Å². The second kappa shape index (κ2) is 7.98. The molecule has 7 heteroatoms. The van der Waals surface area contributed by atoms with Gasteiger partial charge in [-0.1, -0.05) is 41.9 Å². The van der Waals surface area contributed by atoms with Crippen molar-refractivity contribution in [3.05, 3.63) is 47.5 Å². The lowest BCUT2D eigenvalue weighted by Crippen LogP contribution is -2.31. The van der Waals surface area contributed by atoms with Crippen molar-refractivity contribution in [2.45, 2.75) is 12.8 Å². The number of H-pyrrole nitrogens is 1. The number of urea groups is 1. The fourth-order valence-corrected chi connectivity index (χ4v) is 3.75. The number of aromatic amines is 1. The van der Waals surface area contributed by atoms with Crippen molar-refractivity contribution in [3.63, 3.8) is 0 Å². The van der Waals surface area contributed by atoms with Gasteiger partial charge in [0, 0.05) is 17.5 Å². The van der Waals surface area contributed by atoms with Crippen molar-refractivity contribution in [1.82, 2.24) is 20.8 Å². The fraction of sp³-hybridized carbons (Fsp3) is 0.300. The van der Waals surface area contributed by atoms with Gasteiger partial charge in [0.15, 0.2) is 5.82 Å². The summed E-state index contributed by atoms with van der Waals surface area (Å²) in [4.78, 5) is 12.2. The molecule has 2 aromatic carbocycles. The number of halogens is 1. The molecule has 2 amide bonds. The van der Waals surface area contributed by atoms with Gasteiger partial charge in [-0.25, -0.2) is 4.79 Å². The summed E-state index contributed by atoms with van der Waals surface area (Å²) in [6.07, 6.45) is 2.16. The lowest BCUT2D eigenvalue weighted by atomic mass is 10.0. The predicted octanol–water partition coefficient (Wildman–Crippen LogP) is 4.00. The Kier molecular flexibility index (Phi) is 5.27. The van der Waals surface area contributed by atoms with Crippen molar-refractivity contribution in [2.75, 3.05) is 25.0 Å². The number of benzene rings is 2. The maximum atomic E-state index is 12.2. The summed E-state index contributed by atoms with van der Waals surface area (Å²) in [5.41, 5.74) is 2.71. The summed E-state index contributed by atoms with van der Waals surface area (Å²) in [5.74, 6) is 1.14. The smallest absolute Gasteiger partial charge is 0.320 e. The van der Waals surface area contributed by atoms with Gasteiger partial charge in [0.1, 0.15) is 0 Å². The van der Waals surface area contributed by atoms with Crippen molar-refractivity contribution < 1.29 is 4.79 Å². The topological polar surface area (TPSA) is 81.8 Å². The van der Waals surface area contributed by atoms with Crippen LogP contribution in [0, 0.1) is 5.92 Å². The summed E-state index contributed by atoms with van der Waals surface area (Å²) in [6, 6.07) is 13.5. The number of carbonyl (C=O) groups is 1. The minimum absolute atomic E-state index is 0.245. The Bertz CT molecular complexity index is 934. The summed E-state index contributed by atoms with van der Waals surface area (Å²) < 4.78 is 0. The van der Waals surface area contributed by atoms with E-state index in [1.165, 1.54) is 6.42 Å². The van der Waals surface area contributed by atoms with E-state index in [-0.39, 0.29) is 6.03 Å². The van der Waals surface area contributed by atoms with E-state index < -0.39 is 0 Å². The van der Waals surface area contributed by atoms with Crippen LogP contribution in [0.4, 0.5) is 10.6 Å². The Hall–Kier alpha value is -2.57. The van der Waals surface area contributed by atoms with E-state index in [1.807, 2.05) is 42.5 Å². The van der Waals surface area contributed by atoms with Crippen molar-refractivity contribution >= 4 is 34.4 Å². The zero-order chi connectivity index (χ0) is 18.6. The first-order chi connectivity index (χ1) is 13.2. The Labute approximate surface area is 162 Å². The lowest BCUT2D eigenvalue weighted by Gasteiger charge is -2.10. The maximum absolute atomic E-state index is 12.2. The van der Waals surface area contributed by atoms with Gasteiger partial charge in [0.05, 0.1) is 10.5 Å². The van der Waals surface area contributed by atoms with E-state index >= 15 is 0 Å². The minimum atomic E-state index is -0.245. The van der Waals surface area contributed by atoms with Crippen LogP contribution in [-0.4, -0.2) is 35.9 Å². The summed E-state index contributed by atoms with van der Waals surface area (Å²) in [7, 11) is 0. The molecule has 0 saturated carbocycles. The molecule has 1 aliphatic rings. The molecule has 1 fully saturated rings. The average Bonchev–Trinajstić information content (AvgIpc) is 3.32. The van der Waals surface area contributed by atoms with Crippen molar-refractivity contribution in [1.29, 1.82) is 0 Å².